The van der Waals surface area contributed by atoms with E-state index >= 15 is 0 Å². The van der Waals surface area contributed by atoms with Crippen LogP contribution in [-0.2, 0) is 13.1 Å². The maximum atomic E-state index is 13.1. The lowest BCUT2D eigenvalue weighted by atomic mass is 9.98. The Hall–Kier alpha value is -5.04. The van der Waals surface area contributed by atoms with Gasteiger partial charge in [0.2, 0.25) is 0 Å². The number of nitrogens with two attached hydrogens (primary N) is 1. The normalized spacial score (nSPS) is 13.1. The van der Waals surface area contributed by atoms with Crippen molar-refractivity contribution in [2.75, 3.05) is 0 Å². The van der Waals surface area contributed by atoms with Crippen LogP contribution in [0.3, 0.4) is 0 Å². The molecule has 4 aromatic carbocycles. The Labute approximate surface area is 245 Å². The second-order valence-corrected chi connectivity index (χ2v) is 11.0. The van der Waals surface area contributed by atoms with Crippen LogP contribution in [0.4, 0.5) is 0 Å². The van der Waals surface area contributed by atoms with E-state index in [1.54, 1.807) is 0 Å². The first-order chi connectivity index (χ1) is 20.4. The van der Waals surface area contributed by atoms with E-state index in [9.17, 15) is 4.79 Å². The SMILES string of the molecule is Cc1c(C)n(Cc2ccc(-c3ccccc3C(=N)N=NN)cc2)c2ccc(C(=O)NCc3cccc(C4CC4)c3)cc12. The van der Waals surface area contributed by atoms with Crippen molar-refractivity contribution in [2.24, 2.45) is 16.2 Å². The van der Waals surface area contributed by atoms with Gasteiger partial charge in [0.25, 0.3) is 5.91 Å². The fourth-order valence-electron chi connectivity index (χ4n) is 5.68. The summed E-state index contributed by atoms with van der Waals surface area (Å²) in [5.74, 6) is 5.83. The summed E-state index contributed by atoms with van der Waals surface area (Å²) >= 11 is 0. The minimum absolute atomic E-state index is 0.0258. The standard InChI is InChI=1S/C35H34N6O/c1-22-23(2)41(21-24-10-12-27(13-11-24)30-8-3-4-9-31(30)34(36)39-40-37)33-17-16-29(19-32(22)33)35(42)38-20-25-6-5-7-28(18-25)26-14-15-26/h3-13,16-19,26H,14-15,20-21H2,1-2H3,(H,38,42)(H3,36,37,39). The molecule has 4 N–H and O–H groups in total. The van der Waals surface area contributed by atoms with Gasteiger partial charge in [-0.2, -0.15) is 0 Å². The van der Waals surface area contributed by atoms with Crippen LogP contribution in [0.25, 0.3) is 22.0 Å². The Morgan fingerprint density at radius 1 is 0.952 bits per heavy atom. The summed E-state index contributed by atoms with van der Waals surface area (Å²) in [6.07, 6.45) is 2.54. The number of amidine groups is 1. The molecule has 1 aliphatic carbocycles. The molecule has 1 fully saturated rings. The Balaban J connectivity index is 1.20. The third kappa shape index (κ3) is 5.46. The van der Waals surface area contributed by atoms with E-state index in [-0.39, 0.29) is 11.7 Å². The molecule has 0 aliphatic heterocycles. The minimum Gasteiger partial charge on any atom is -0.348 e. The van der Waals surface area contributed by atoms with Crippen molar-refractivity contribution in [2.45, 2.75) is 45.7 Å². The summed E-state index contributed by atoms with van der Waals surface area (Å²) in [7, 11) is 0. The van der Waals surface area contributed by atoms with Crippen LogP contribution in [0.15, 0.2) is 101 Å². The van der Waals surface area contributed by atoms with Crippen LogP contribution in [-0.4, -0.2) is 16.3 Å². The zero-order valence-electron chi connectivity index (χ0n) is 23.9. The molecule has 42 heavy (non-hydrogen) atoms. The number of nitrogens with zero attached hydrogens (tertiary/aromatic N) is 3. The third-order valence-corrected chi connectivity index (χ3v) is 8.30. The second-order valence-electron chi connectivity index (χ2n) is 11.0. The molecule has 0 unspecified atom stereocenters. The van der Waals surface area contributed by atoms with Crippen LogP contribution < -0.4 is 11.2 Å². The molecule has 0 saturated heterocycles. The van der Waals surface area contributed by atoms with Crippen LogP contribution >= 0.6 is 0 Å². The van der Waals surface area contributed by atoms with Crippen LogP contribution in [0.1, 0.15) is 62.6 Å². The van der Waals surface area contributed by atoms with Gasteiger partial charge < -0.3 is 15.7 Å². The minimum atomic E-state index is -0.0598. The highest BCUT2D eigenvalue weighted by molar-refractivity contribution is 6.03. The highest BCUT2D eigenvalue weighted by Gasteiger charge is 2.23. The lowest BCUT2D eigenvalue weighted by Crippen LogP contribution is -2.22. The molecular weight excluding hydrogens is 520 g/mol. The van der Waals surface area contributed by atoms with E-state index in [0.717, 1.165) is 33.2 Å². The third-order valence-electron chi connectivity index (χ3n) is 8.30. The number of benzene rings is 4. The molecule has 0 atom stereocenters. The van der Waals surface area contributed by atoms with Gasteiger partial charge in [-0.1, -0.05) is 78.0 Å². The molecule has 1 heterocycles. The van der Waals surface area contributed by atoms with E-state index in [1.807, 2.05) is 36.4 Å². The molecular formula is C35H34N6O. The number of hydrogen-bond donors (Lipinski definition) is 3. The van der Waals surface area contributed by atoms with Crippen molar-refractivity contribution in [3.63, 3.8) is 0 Å². The zero-order chi connectivity index (χ0) is 29.2. The Kier molecular flexibility index (Phi) is 7.40. The molecule has 1 saturated carbocycles. The molecule has 1 amide bonds. The van der Waals surface area contributed by atoms with E-state index in [2.05, 4.69) is 88.7 Å². The Morgan fingerprint density at radius 2 is 1.74 bits per heavy atom. The maximum absolute atomic E-state index is 13.1. The number of hydrogen-bond acceptors (Lipinski definition) is 3. The highest BCUT2D eigenvalue weighted by Crippen LogP contribution is 2.40. The summed E-state index contributed by atoms with van der Waals surface area (Å²) in [6, 6.07) is 30.5. The number of carbonyl (C=O) groups is 1. The van der Waals surface area contributed by atoms with Gasteiger partial charge in [-0.15, -0.1) is 5.11 Å². The smallest absolute Gasteiger partial charge is 0.251 e. The predicted molar refractivity (Wildman–Crippen MR) is 168 cm³/mol. The second kappa shape index (κ2) is 11.4. The first-order valence-corrected chi connectivity index (χ1v) is 14.3. The largest absolute Gasteiger partial charge is 0.348 e. The predicted octanol–water partition coefficient (Wildman–Crippen LogP) is 7.43. The Bertz CT molecular complexity index is 1830. The number of aryl methyl sites for hydroxylation is 1. The van der Waals surface area contributed by atoms with Crippen LogP contribution in [0.2, 0.25) is 0 Å². The maximum Gasteiger partial charge on any atom is 0.251 e. The van der Waals surface area contributed by atoms with Crippen molar-refractivity contribution in [1.82, 2.24) is 9.88 Å². The van der Waals surface area contributed by atoms with Crippen molar-refractivity contribution in [3.05, 3.63) is 130 Å². The molecule has 0 spiro atoms. The van der Waals surface area contributed by atoms with Crippen LogP contribution in [0.5, 0.6) is 0 Å². The zero-order valence-corrected chi connectivity index (χ0v) is 23.9. The summed E-state index contributed by atoms with van der Waals surface area (Å²) in [5, 5.41) is 19.3. The van der Waals surface area contributed by atoms with Crippen molar-refractivity contribution in [1.29, 1.82) is 5.41 Å². The molecule has 6 rings (SSSR count). The van der Waals surface area contributed by atoms with Crippen molar-refractivity contribution in [3.8, 4) is 11.1 Å². The van der Waals surface area contributed by atoms with E-state index in [1.165, 1.54) is 29.7 Å². The quantitative estimate of drug-likeness (QED) is 0.0609. The van der Waals surface area contributed by atoms with Gasteiger partial charge in [0.1, 0.15) is 0 Å². The monoisotopic (exact) mass is 554 g/mol. The van der Waals surface area contributed by atoms with Gasteiger partial charge >= 0.3 is 0 Å². The Morgan fingerprint density at radius 3 is 2.50 bits per heavy atom. The lowest BCUT2D eigenvalue weighted by Gasteiger charge is -2.12. The lowest BCUT2D eigenvalue weighted by molar-refractivity contribution is 0.0951. The molecule has 1 aromatic heterocycles. The van der Waals surface area contributed by atoms with E-state index < -0.39 is 0 Å². The average Bonchev–Trinajstić information content (AvgIpc) is 3.85. The molecule has 1 aliphatic rings. The summed E-state index contributed by atoms with van der Waals surface area (Å²) in [4.78, 5) is 13.1. The summed E-state index contributed by atoms with van der Waals surface area (Å²) < 4.78 is 2.30. The number of nitrogens with one attached hydrogen (secondary N) is 2. The van der Waals surface area contributed by atoms with Crippen molar-refractivity contribution >= 4 is 22.6 Å². The molecule has 0 bridgehead atoms. The number of carbonyl (C=O) groups excluding carboxylic acids is 1. The molecule has 5 aromatic rings. The average molecular weight is 555 g/mol. The van der Waals surface area contributed by atoms with Gasteiger partial charge in [-0.3, -0.25) is 10.2 Å². The first kappa shape index (κ1) is 27.1. The summed E-state index contributed by atoms with van der Waals surface area (Å²) in [5.41, 5.74) is 10.4. The van der Waals surface area contributed by atoms with Gasteiger partial charge in [0.05, 0.1) is 0 Å². The molecule has 210 valence electrons. The van der Waals surface area contributed by atoms with Gasteiger partial charge in [-0.05, 0) is 84.2 Å². The van der Waals surface area contributed by atoms with Crippen molar-refractivity contribution < 1.29 is 4.79 Å². The van der Waals surface area contributed by atoms with Gasteiger partial charge in [-0.25, -0.2) is 0 Å². The van der Waals surface area contributed by atoms with Gasteiger partial charge in [0.15, 0.2) is 5.84 Å². The van der Waals surface area contributed by atoms with Crippen LogP contribution in [0, 0.1) is 19.3 Å². The fraction of sp³-hybridized carbons (Fsp3) is 0.200. The van der Waals surface area contributed by atoms with E-state index in [4.69, 9.17) is 11.3 Å². The number of amides is 1. The number of rotatable bonds is 8. The first-order valence-electron chi connectivity index (χ1n) is 14.3. The fourth-order valence-corrected chi connectivity index (χ4v) is 5.68. The molecule has 7 nitrogen and oxygen atoms in total. The van der Waals surface area contributed by atoms with Gasteiger partial charge in [0, 0.05) is 40.8 Å². The van der Waals surface area contributed by atoms with E-state index in [0.29, 0.717) is 30.1 Å². The number of fused-ring (bicyclic) bond motifs is 1. The highest BCUT2D eigenvalue weighted by atomic mass is 16.1. The topological polar surface area (TPSA) is 109 Å². The summed E-state index contributed by atoms with van der Waals surface area (Å²) in [6.45, 7) is 5.48. The number of aromatic nitrogens is 1. The molecule has 7 heteroatoms. The molecule has 0 radical (unpaired) electrons.